The van der Waals surface area contributed by atoms with Crippen molar-refractivity contribution in [2.45, 2.75) is 71.1 Å². The number of hydrogen-bond acceptors (Lipinski definition) is 3. The van der Waals surface area contributed by atoms with Crippen LogP contribution in [0.5, 0.6) is 0 Å². The van der Waals surface area contributed by atoms with Crippen LogP contribution in [0.2, 0.25) is 0 Å². The molecule has 4 heteroatoms. The number of carbonyl (C=O) groups is 1. The van der Waals surface area contributed by atoms with E-state index in [0.29, 0.717) is 6.04 Å². The van der Waals surface area contributed by atoms with Crippen LogP contribution in [0.1, 0.15) is 57.1 Å². The van der Waals surface area contributed by atoms with Crippen molar-refractivity contribution in [3.8, 4) is 0 Å². The number of nitrogens with zero attached hydrogens (tertiary/aromatic N) is 1. The van der Waals surface area contributed by atoms with Crippen molar-refractivity contribution in [1.82, 2.24) is 10.2 Å². The Hall–Kier alpha value is -1.55. The average Bonchev–Trinajstić information content (AvgIpc) is 2.60. The van der Waals surface area contributed by atoms with Crippen molar-refractivity contribution in [2.24, 2.45) is 5.92 Å². The first-order valence-corrected chi connectivity index (χ1v) is 9.86. The zero-order chi connectivity index (χ0) is 17.6. The second-order valence-electron chi connectivity index (χ2n) is 7.90. The van der Waals surface area contributed by atoms with Gasteiger partial charge in [-0.15, -0.1) is 0 Å². The molecule has 0 aromatic heterocycles. The van der Waals surface area contributed by atoms with E-state index in [1.165, 1.54) is 49.9 Å². The molecule has 0 saturated heterocycles. The fourth-order valence-corrected chi connectivity index (χ4v) is 4.12. The maximum absolute atomic E-state index is 11.7. The van der Waals surface area contributed by atoms with E-state index < -0.39 is 0 Å². The summed E-state index contributed by atoms with van der Waals surface area (Å²) in [7, 11) is 0. The van der Waals surface area contributed by atoms with E-state index in [1.807, 2.05) is 13.8 Å². The Morgan fingerprint density at radius 2 is 1.92 bits per heavy atom. The predicted molar refractivity (Wildman–Crippen MR) is 101 cm³/mol. The molecule has 4 nitrogen and oxygen atoms in total. The highest BCUT2D eigenvalue weighted by atomic mass is 16.6. The first-order chi connectivity index (χ1) is 12.1. The molecule has 2 aliphatic rings. The Balaban J connectivity index is 1.35. The zero-order valence-corrected chi connectivity index (χ0v) is 15.7. The molecule has 1 aromatic rings. The molecule has 1 fully saturated rings. The molecule has 1 amide bonds. The first-order valence-electron chi connectivity index (χ1n) is 9.86. The summed E-state index contributed by atoms with van der Waals surface area (Å²) in [6, 6.07) is 9.14. The topological polar surface area (TPSA) is 41.6 Å². The predicted octanol–water partition coefficient (Wildman–Crippen LogP) is 4.13. The summed E-state index contributed by atoms with van der Waals surface area (Å²) in [5.41, 5.74) is 3.03. The van der Waals surface area contributed by atoms with Gasteiger partial charge in [0, 0.05) is 19.1 Å². The molecule has 1 aliphatic heterocycles. The van der Waals surface area contributed by atoms with Gasteiger partial charge in [0.25, 0.3) is 0 Å². The molecule has 0 radical (unpaired) electrons. The summed E-state index contributed by atoms with van der Waals surface area (Å²) in [5, 5.41) is 3.02. The first kappa shape index (κ1) is 18.2. The second-order valence-corrected chi connectivity index (χ2v) is 7.90. The summed E-state index contributed by atoms with van der Waals surface area (Å²) in [6.45, 7) is 7.26. The number of rotatable bonds is 5. The molecule has 1 aromatic carbocycles. The number of amides is 1. The Morgan fingerprint density at radius 3 is 2.64 bits per heavy atom. The average molecular weight is 344 g/mol. The molecule has 138 valence electrons. The highest BCUT2D eigenvalue weighted by molar-refractivity contribution is 5.67. The van der Waals surface area contributed by atoms with Crippen LogP contribution in [0.25, 0.3) is 0 Å². The molecule has 0 unspecified atom stereocenters. The van der Waals surface area contributed by atoms with Crippen molar-refractivity contribution in [1.29, 1.82) is 0 Å². The van der Waals surface area contributed by atoms with Gasteiger partial charge < -0.3 is 10.1 Å². The van der Waals surface area contributed by atoms with Crippen molar-refractivity contribution >= 4 is 6.09 Å². The van der Waals surface area contributed by atoms with Gasteiger partial charge in [-0.25, -0.2) is 4.79 Å². The molecule has 0 spiro atoms. The quantitative estimate of drug-likeness (QED) is 0.873. The third-order valence-electron chi connectivity index (χ3n) is 5.57. The van der Waals surface area contributed by atoms with Gasteiger partial charge in [0.15, 0.2) is 0 Å². The summed E-state index contributed by atoms with van der Waals surface area (Å²) < 4.78 is 5.18. The Bertz CT molecular complexity index is 565. The van der Waals surface area contributed by atoms with Gasteiger partial charge in [-0.05, 0) is 76.0 Å². The van der Waals surface area contributed by atoms with Crippen LogP contribution in [-0.2, 0) is 17.7 Å². The Kier molecular flexibility index (Phi) is 6.35. The zero-order valence-electron chi connectivity index (χ0n) is 15.7. The Labute approximate surface area is 151 Å². The molecule has 0 atom stereocenters. The molecule has 1 aliphatic carbocycles. The number of fused-ring (bicyclic) bond motifs is 1. The smallest absolute Gasteiger partial charge is 0.407 e. The fraction of sp³-hybridized carbons (Fsp3) is 0.667. The second kappa shape index (κ2) is 8.70. The lowest BCUT2D eigenvalue weighted by atomic mass is 9.84. The van der Waals surface area contributed by atoms with E-state index in [4.69, 9.17) is 4.74 Å². The third kappa shape index (κ3) is 5.46. The van der Waals surface area contributed by atoms with E-state index in [2.05, 4.69) is 34.5 Å². The van der Waals surface area contributed by atoms with Crippen LogP contribution in [-0.4, -0.2) is 36.2 Å². The number of benzene rings is 1. The maximum atomic E-state index is 11.7. The lowest BCUT2D eigenvalue weighted by Crippen LogP contribution is -2.39. The number of carbonyl (C=O) groups excluding carboxylic acids is 1. The van der Waals surface area contributed by atoms with Crippen molar-refractivity contribution in [3.05, 3.63) is 35.4 Å². The van der Waals surface area contributed by atoms with Gasteiger partial charge in [-0.1, -0.05) is 24.3 Å². The minimum atomic E-state index is -0.259. The summed E-state index contributed by atoms with van der Waals surface area (Å²) in [5.74, 6) is 0.802. The van der Waals surface area contributed by atoms with Crippen molar-refractivity contribution in [3.63, 3.8) is 0 Å². The lowest BCUT2D eigenvalue weighted by molar-refractivity contribution is 0.108. The summed E-state index contributed by atoms with van der Waals surface area (Å²) in [6.07, 6.45) is 6.77. The highest BCUT2D eigenvalue weighted by Gasteiger charge is 2.24. The Morgan fingerprint density at radius 1 is 1.20 bits per heavy atom. The number of ether oxygens (including phenoxy) is 1. The SMILES string of the molecule is CC(C)OC(=O)NC1CCC(CCN2CCc3ccccc3C2)CC1. The van der Waals surface area contributed by atoms with Crippen LogP contribution in [0, 0.1) is 5.92 Å². The highest BCUT2D eigenvalue weighted by Crippen LogP contribution is 2.28. The molecule has 25 heavy (non-hydrogen) atoms. The van der Waals surface area contributed by atoms with Gasteiger partial charge in [-0.3, -0.25) is 4.90 Å². The third-order valence-corrected chi connectivity index (χ3v) is 5.57. The summed E-state index contributed by atoms with van der Waals surface area (Å²) >= 11 is 0. The summed E-state index contributed by atoms with van der Waals surface area (Å²) in [4.78, 5) is 14.3. The van der Waals surface area contributed by atoms with E-state index >= 15 is 0 Å². The molecular formula is C21H32N2O2. The van der Waals surface area contributed by atoms with Crippen molar-refractivity contribution < 1.29 is 9.53 Å². The van der Waals surface area contributed by atoms with E-state index in [1.54, 1.807) is 0 Å². The maximum Gasteiger partial charge on any atom is 0.407 e. The normalized spacial score (nSPS) is 24.0. The van der Waals surface area contributed by atoms with Crippen LogP contribution >= 0.6 is 0 Å². The van der Waals surface area contributed by atoms with E-state index in [9.17, 15) is 4.79 Å². The van der Waals surface area contributed by atoms with Gasteiger partial charge in [-0.2, -0.15) is 0 Å². The van der Waals surface area contributed by atoms with Crippen LogP contribution in [0.15, 0.2) is 24.3 Å². The molecule has 3 rings (SSSR count). The van der Waals surface area contributed by atoms with Crippen LogP contribution < -0.4 is 5.32 Å². The van der Waals surface area contributed by atoms with Gasteiger partial charge in [0.1, 0.15) is 0 Å². The molecule has 1 heterocycles. The van der Waals surface area contributed by atoms with Crippen LogP contribution in [0.4, 0.5) is 4.79 Å². The van der Waals surface area contributed by atoms with Gasteiger partial charge >= 0.3 is 6.09 Å². The van der Waals surface area contributed by atoms with Gasteiger partial charge in [0.2, 0.25) is 0 Å². The largest absolute Gasteiger partial charge is 0.447 e. The van der Waals surface area contributed by atoms with Crippen LogP contribution in [0.3, 0.4) is 0 Å². The van der Waals surface area contributed by atoms with Crippen molar-refractivity contribution in [2.75, 3.05) is 13.1 Å². The minimum Gasteiger partial charge on any atom is -0.447 e. The number of hydrogen-bond donors (Lipinski definition) is 1. The molecular weight excluding hydrogens is 312 g/mol. The molecule has 1 N–H and O–H groups in total. The molecule has 1 saturated carbocycles. The fourth-order valence-electron chi connectivity index (χ4n) is 4.12. The minimum absolute atomic E-state index is 0.0500. The number of nitrogens with one attached hydrogen (secondary N) is 1. The monoisotopic (exact) mass is 344 g/mol. The number of alkyl carbamates (subject to hydrolysis) is 1. The molecule has 0 bridgehead atoms. The standard InChI is InChI=1S/C21H32N2O2/c1-16(2)25-21(24)22-20-9-7-17(8-10-20)11-13-23-14-12-18-5-3-4-6-19(18)15-23/h3-6,16-17,20H,7-15H2,1-2H3,(H,22,24). The van der Waals surface area contributed by atoms with Gasteiger partial charge in [0.05, 0.1) is 6.10 Å². The lowest BCUT2D eigenvalue weighted by Gasteiger charge is -2.32. The van der Waals surface area contributed by atoms with E-state index in [0.717, 1.165) is 25.3 Å². The van der Waals surface area contributed by atoms with E-state index in [-0.39, 0.29) is 12.2 Å².